The summed E-state index contributed by atoms with van der Waals surface area (Å²) in [5.74, 6) is -0.595. The highest BCUT2D eigenvalue weighted by Crippen LogP contribution is 2.16. The van der Waals surface area contributed by atoms with Gasteiger partial charge in [0.15, 0.2) is 5.76 Å². The van der Waals surface area contributed by atoms with Crippen molar-refractivity contribution in [2.45, 2.75) is 11.2 Å². The summed E-state index contributed by atoms with van der Waals surface area (Å²) in [5.41, 5.74) is 0.924. The van der Waals surface area contributed by atoms with E-state index in [0.29, 0.717) is 0 Å². The zero-order valence-electron chi connectivity index (χ0n) is 12.8. The van der Waals surface area contributed by atoms with Crippen molar-refractivity contribution >= 4 is 15.9 Å². The van der Waals surface area contributed by atoms with Gasteiger partial charge in [-0.05, 0) is 24.7 Å². The molecule has 1 atom stereocenters. The van der Waals surface area contributed by atoms with E-state index in [1.54, 1.807) is 7.11 Å². The molecular formula is C15H18N2O5S. The highest BCUT2D eigenvalue weighted by Gasteiger charge is 2.20. The molecule has 0 bridgehead atoms. The van der Waals surface area contributed by atoms with Crippen LogP contribution in [-0.4, -0.2) is 35.0 Å². The predicted octanol–water partition coefficient (Wildman–Crippen LogP) is 1.31. The van der Waals surface area contributed by atoms with E-state index in [1.165, 1.54) is 19.2 Å². The fourth-order valence-electron chi connectivity index (χ4n) is 1.96. The summed E-state index contributed by atoms with van der Waals surface area (Å²) in [6.07, 6.45) is -0.310. The van der Waals surface area contributed by atoms with Gasteiger partial charge in [0.25, 0.3) is 15.9 Å². The Morgan fingerprint density at radius 3 is 2.52 bits per heavy atom. The number of carbonyl (C=O) groups is 1. The van der Waals surface area contributed by atoms with Crippen molar-refractivity contribution in [2.24, 2.45) is 0 Å². The molecule has 7 nitrogen and oxygen atoms in total. The molecule has 1 amide bonds. The summed E-state index contributed by atoms with van der Waals surface area (Å²) >= 11 is 0. The van der Waals surface area contributed by atoms with Gasteiger partial charge in [-0.25, -0.2) is 13.1 Å². The Morgan fingerprint density at radius 1 is 1.22 bits per heavy atom. The molecule has 23 heavy (non-hydrogen) atoms. The molecule has 0 spiro atoms. The first-order valence-electron chi connectivity index (χ1n) is 6.87. The molecule has 8 heteroatoms. The minimum Gasteiger partial charge on any atom is -0.438 e. The van der Waals surface area contributed by atoms with Crippen LogP contribution >= 0.6 is 0 Å². The number of furan rings is 1. The number of rotatable bonds is 7. The quantitative estimate of drug-likeness (QED) is 0.793. The first-order valence-corrected chi connectivity index (χ1v) is 8.35. The lowest BCUT2D eigenvalue weighted by atomic mass is 10.1. The van der Waals surface area contributed by atoms with E-state index >= 15 is 0 Å². The minimum absolute atomic E-state index is 0.0817. The van der Waals surface area contributed by atoms with Crippen molar-refractivity contribution in [1.82, 2.24) is 10.0 Å². The lowest BCUT2D eigenvalue weighted by molar-refractivity contribution is 0.0803. The van der Waals surface area contributed by atoms with Gasteiger partial charge in [0.1, 0.15) is 0 Å². The summed E-state index contributed by atoms with van der Waals surface area (Å²) in [6, 6.07) is 12.0. The Kier molecular flexibility index (Phi) is 5.54. The normalized spacial score (nSPS) is 12.8. The number of hydrogen-bond donors (Lipinski definition) is 2. The molecule has 1 aromatic heterocycles. The highest BCUT2D eigenvalue weighted by atomic mass is 32.2. The van der Waals surface area contributed by atoms with Crippen LogP contribution in [-0.2, 0) is 14.8 Å². The molecule has 0 unspecified atom stereocenters. The van der Waals surface area contributed by atoms with Crippen molar-refractivity contribution in [2.75, 3.05) is 20.7 Å². The Balaban J connectivity index is 2.02. The fraction of sp³-hybridized carbons (Fsp3) is 0.267. The van der Waals surface area contributed by atoms with E-state index in [4.69, 9.17) is 9.15 Å². The average Bonchev–Trinajstić information content (AvgIpc) is 3.07. The molecular weight excluding hydrogens is 320 g/mol. The number of methoxy groups -OCH3 is 1. The van der Waals surface area contributed by atoms with Crippen LogP contribution < -0.4 is 10.0 Å². The van der Waals surface area contributed by atoms with Gasteiger partial charge in [0, 0.05) is 13.7 Å². The smallest absolute Gasteiger partial charge is 0.287 e. The van der Waals surface area contributed by atoms with Gasteiger partial charge in [-0.3, -0.25) is 4.79 Å². The number of sulfonamides is 1. The molecule has 0 aliphatic carbocycles. The van der Waals surface area contributed by atoms with Crippen LogP contribution in [0.2, 0.25) is 0 Å². The van der Waals surface area contributed by atoms with Crippen molar-refractivity contribution in [3.8, 4) is 0 Å². The molecule has 2 N–H and O–H groups in total. The summed E-state index contributed by atoms with van der Waals surface area (Å²) in [6.45, 7) is 0.230. The maximum Gasteiger partial charge on any atom is 0.287 e. The molecule has 0 aliphatic rings. The monoisotopic (exact) mass is 338 g/mol. The van der Waals surface area contributed by atoms with E-state index in [2.05, 4.69) is 10.0 Å². The zero-order valence-corrected chi connectivity index (χ0v) is 13.6. The van der Waals surface area contributed by atoms with E-state index in [-0.39, 0.29) is 23.5 Å². The third kappa shape index (κ3) is 4.19. The van der Waals surface area contributed by atoms with Gasteiger partial charge >= 0.3 is 0 Å². The summed E-state index contributed by atoms with van der Waals surface area (Å²) < 4.78 is 35.7. The summed E-state index contributed by atoms with van der Waals surface area (Å²) in [4.78, 5) is 12.0. The molecule has 124 valence electrons. The average molecular weight is 338 g/mol. The number of amides is 1. The van der Waals surface area contributed by atoms with Gasteiger partial charge < -0.3 is 14.5 Å². The molecule has 1 aromatic carbocycles. The van der Waals surface area contributed by atoms with Crippen molar-refractivity contribution < 1.29 is 22.4 Å². The number of hydrogen-bond acceptors (Lipinski definition) is 5. The van der Waals surface area contributed by atoms with Crippen LogP contribution in [0.25, 0.3) is 0 Å². The second-order valence-corrected chi connectivity index (χ2v) is 6.49. The Morgan fingerprint density at radius 2 is 1.91 bits per heavy atom. The number of benzene rings is 1. The van der Waals surface area contributed by atoms with Gasteiger partial charge in [-0.1, -0.05) is 30.3 Å². The molecule has 0 saturated heterocycles. The van der Waals surface area contributed by atoms with Gasteiger partial charge in [-0.15, -0.1) is 0 Å². The second kappa shape index (κ2) is 7.40. The Bertz CT molecular complexity index is 755. The molecule has 1 heterocycles. The van der Waals surface area contributed by atoms with Crippen LogP contribution in [0.15, 0.2) is 52.0 Å². The van der Waals surface area contributed by atoms with Crippen LogP contribution in [0.4, 0.5) is 0 Å². The third-order valence-corrected chi connectivity index (χ3v) is 4.53. The third-order valence-electron chi connectivity index (χ3n) is 3.24. The van der Waals surface area contributed by atoms with Crippen LogP contribution in [0.5, 0.6) is 0 Å². The van der Waals surface area contributed by atoms with Crippen LogP contribution in [0.3, 0.4) is 0 Å². The lowest BCUT2D eigenvalue weighted by Gasteiger charge is -2.16. The largest absolute Gasteiger partial charge is 0.438 e. The first-order chi connectivity index (χ1) is 11.0. The minimum atomic E-state index is -3.71. The molecule has 2 rings (SSSR count). The first kappa shape index (κ1) is 17.2. The number of carbonyl (C=O) groups excluding carboxylic acids is 1. The summed E-state index contributed by atoms with van der Waals surface area (Å²) in [5, 5.41) is 2.35. The number of ether oxygens (including phenoxy) is 1. The van der Waals surface area contributed by atoms with E-state index < -0.39 is 15.9 Å². The van der Waals surface area contributed by atoms with Crippen LogP contribution in [0, 0.1) is 0 Å². The molecule has 0 fully saturated rings. The lowest BCUT2D eigenvalue weighted by Crippen LogP contribution is -2.28. The van der Waals surface area contributed by atoms with E-state index in [1.807, 2.05) is 30.3 Å². The van der Waals surface area contributed by atoms with Crippen molar-refractivity contribution in [3.63, 3.8) is 0 Å². The fourth-order valence-corrected chi connectivity index (χ4v) is 2.61. The van der Waals surface area contributed by atoms with Crippen LogP contribution in [0.1, 0.15) is 22.2 Å². The molecule has 2 aromatic rings. The molecule has 0 radical (unpaired) electrons. The standard InChI is InChI=1S/C15H18N2O5S/c1-16-23(19,20)14-9-8-12(22-14)15(18)17-10-13(21-2)11-6-4-3-5-7-11/h3-9,13,16H,10H2,1-2H3,(H,17,18)/t13-/m1/s1. The van der Waals surface area contributed by atoms with Gasteiger partial charge in [0.2, 0.25) is 5.09 Å². The van der Waals surface area contributed by atoms with E-state index in [0.717, 1.165) is 5.56 Å². The van der Waals surface area contributed by atoms with E-state index in [9.17, 15) is 13.2 Å². The zero-order chi connectivity index (χ0) is 16.9. The maximum absolute atomic E-state index is 12.0. The van der Waals surface area contributed by atoms with Crippen molar-refractivity contribution in [1.29, 1.82) is 0 Å². The molecule has 0 aliphatic heterocycles. The molecule has 0 saturated carbocycles. The maximum atomic E-state index is 12.0. The number of nitrogens with one attached hydrogen (secondary N) is 2. The summed E-state index contributed by atoms with van der Waals surface area (Å²) in [7, 11) is -0.897. The Hall–Kier alpha value is -2.16. The highest BCUT2D eigenvalue weighted by molar-refractivity contribution is 7.89. The predicted molar refractivity (Wildman–Crippen MR) is 83.5 cm³/mol. The SMILES string of the molecule is CNS(=O)(=O)c1ccc(C(=O)NC[C@@H](OC)c2ccccc2)o1. The Labute approximate surface area is 134 Å². The van der Waals surface area contributed by atoms with Crippen molar-refractivity contribution in [3.05, 3.63) is 53.8 Å². The van der Waals surface area contributed by atoms with Gasteiger partial charge in [0.05, 0.1) is 6.10 Å². The van der Waals surface area contributed by atoms with Gasteiger partial charge in [-0.2, -0.15) is 0 Å². The topological polar surface area (TPSA) is 97.6 Å². The second-order valence-electron chi connectivity index (χ2n) is 4.67.